The number of H-pyrrole nitrogens is 1. The number of nitrogens with zero attached hydrogens (tertiary/aromatic N) is 1. The van der Waals surface area contributed by atoms with Crippen molar-refractivity contribution in [3.05, 3.63) is 65.3 Å². The van der Waals surface area contributed by atoms with E-state index < -0.39 is 0 Å². The molecule has 2 aromatic carbocycles. The molecule has 134 valence electrons. The van der Waals surface area contributed by atoms with Gasteiger partial charge in [0.2, 0.25) is 0 Å². The summed E-state index contributed by atoms with van der Waals surface area (Å²) in [5.41, 5.74) is 2.39. The smallest absolute Gasteiger partial charge is 0.260 e. The molecular formula is C21H21ClN2O2. The molecule has 1 aliphatic heterocycles. The number of carbonyl (C=O) groups excluding carboxylic acids is 1. The maximum atomic E-state index is 12.4. The van der Waals surface area contributed by atoms with Crippen molar-refractivity contribution >= 4 is 28.4 Å². The molecule has 0 radical (unpaired) electrons. The summed E-state index contributed by atoms with van der Waals surface area (Å²) >= 11 is 6.07. The summed E-state index contributed by atoms with van der Waals surface area (Å²) in [7, 11) is 0. The van der Waals surface area contributed by atoms with E-state index in [1.165, 1.54) is 10.9 Å². The second-order valence-corrected chi connectivity index (χ2v) is 7.13. The second kappa shape index (κ2) is 7.42. The Morgan fingerprint density at radius 2 is 1.92 bits per heavy atom. The van der Waals surface area contributed by atoms with Crippen molar-refractivity contribution in [1.29, 1.82) is 0 Å². The number of fused-ring (bicyclic) bond motifs is 1. The zero-order valence-electron chi connectivity index (χ0n) is 14.5. The Labute approximate surface area is 157 Å². The molecule has 0 spiro atoms. The van der Waals surface area contributed by atoms with Crippen LogP contribution in [-0.2, 0) is 4.79 Å². The van der Waals surface area contributed by atoms with Crippen LogP contribution in [0, 0.1) is 0 Å². The fraction of sp³-hybridized carbons (Fsp3) is 0.286. The number of likely N-dealkylation sites (tertiary alicyclic amines) is 1. The zero-order valence-corrected chi connectivity index (χ0v) is 15.2. The molecule has 1 saturated heterocycles. The molecule has 1 aromatic heterocycles. The van der Waals surface area contributed by atoms with Crippen LogP contribution < -0.4 is 4.74 Å². The van der Waals surface area contributed by atoms with E-state index in [0.29, 0.717) is 5.92 Å². The zero-order chi connectivity index (χ0) is 17.9. The van der Waals surface area contributed by atoms with Gasteiger partial charge in [0.1, 0.15) is 5.75 Å². The van der Waals surface area contributed by atoms with Gasteiger partial charge in [-0.05, 0) is 48.6 Å². The van der Waals surface area contributed by atoms with Crippen LogP contribution in [0.15, 0.2) is 54.7 Å². The monoisotopic (exact) mass is 368 g/mol. The quantitative estimate of drug-likeness (QED) is 0.731. The SMILES string of the molecule is O=C(COc1ccccc1)N1CCC(c2c[nH]c3cc(Cl)ccc23)CC1. The fourth-order valence-electron chi connectivity index (χ4n) is 3.65. The van der Waals surface area contributed by atoms with E-state index in [9.17, 15) is 4.79 Å². The van der Waals surface area contributed by atoms with Crippen molar-refractivity contribution in [2.75, 3.05) is 19.7 Å². The summed E-state index contributed by atoms with van der Waals surface area (Å²) in [5.74, 6) is 1.25. The number of hydrogen-bond acceptors (Lipinski definition) is 2. The number of aromatic amines is 1. The van der Waals surface area contributed by atoms with Gasteiger partial charge in [-0.15, -0.1) is 0 Å². The number of carbonyl (C=O) groups is 1. The third kappa shape index (κ3) is 3.56. The highest BCUT2D eigenvalue weighted by Crippen LogP contribution is 2.34. The van der Waals surface area contributed by atoms with Crippen LogP contribution in [0.5, 0.6) is 5.75 Å². The first kappa shape index (κ1) is 17.0. The van der Waals surface area contributed by atoms with E-state index in [0.717, 1.165) is 42.2 Å². The highest BCUT2D eigenvalue weighted by atomic mass is 35.5. The number of amides is 1. The number of rotatable bonds is 4. The minimum atomic E-state index is 0.0537. The topological polar surface area (TPSA) is 45.3 Å². The molecule has 1 N–H and O–H groups in total. The number of halogens is 1. The van der Waals surface area contributed by atoms with Crippen LogP contribution in [0.3, 0.4) is 0 Å². The minimum absolute atomic E-state index is 0.0537. The van der Waals surface area contributed by atoms with Crippen molar-refractivity contribution in [3.8, 4) is 5.75 Å². The lowest BCUT2D eigenvalue weighted by molar-refractivity contribution is -0.134. The molecule has 26 heavy (non-hydrogen) atoms. The molecule has 0 unspecified atom stereocenters. The van der Waals surface area contributed by atoms with E-state index in [4.69, 9.17) is 16.3 Å². The van der Waals surface area contributed by atoms with Crippen LogP contribution >= 0.6 is 11.6 Å². The van der Waals surface area contributed by atoms with Crippen LogP contribution in [0.1, 0.15) is 24.3 Å². The first-order valence-corrected chi connectivity index (χ1v) is 9.30. The first-order chi connectivity index (χ1) is 12.7. The summed E-state index contributed by atoms with van der Waals surface area (Å²) in [4.78, 5) is 17.6. The van der Waals surface area contributed by atoms with Gasteiger partial charge in [0.05, 0.1) is 0 Å². The Hall–Kier alpha value is -2.46. The molecule has 1 fully saturated rings. The number of nitrogens with one attached hydrogen (secondary N) is 1. The Morgan fingerprint density at radius 3 is 2.69 bits per heavy atom. The molecule has 3 aromatic rings. The highest BCUT2D eigenvalue weighted by molar-refractivity contribution is 6.31. The van der Waals surface area contributed by atoms with Gasteiger partial charge in [0, 0.05) is 35.2 Å². The predicted molar refractivity (Wildman–Crippen MR) is 104 cm³/mol. The summed E-state index contributed by atoms with van der Waals surface area (Å²) in [5, 5.41) is 1.97. The minimum Gasteiger partial charge on any atom is -0.484 e. The van der Waals surface area contributed by atoms with Crippen molar-refractivity contribution < 1.29 is 9.53 Å². The number of para-hydroxylation sites is 1. The van der Waals surface area contributed by atoms with Crippen molar-refractivity contribution in [2.24, 2.45) is 0 Å². The normalized spacial score (nSPS) is 15.3. The van der Waals surface area contributed by atoms with E-state index in [-0.39, 0.29) is 12.5 Å². The predicted octanol–water partition coefficient (Wildman–Crippen LogP) is 4.61. The highest BCUT2D eigenvalue weighted by Gasteiger charge is 2.25. The summed E-state index contributed by atoms with van der Waals surface area (Å²) in [6.07, 6.45) is 4.01. The average Bonchev–Trinajstić information content (AvgIpc) is 3.10. The van der Waals surface area contributed by atoms with E-state index in [2.05, 4.69) is 17.2 Å². The number of benzene rings is 2. The molecule has 0 aliphatic carbocycles. The number of hydrogen-bond donors (Lipinski definition) is 1. The lowest BCUT2D eigenvalue weighted by atomic mass is 9.89. The third-order valence-electron chi connectivity index (χ3n) is 5.07. The maximum absolute atomic E-state index is 12.4. The second-order valence-electron chi connectivity index (χ2n) is 6.69. The lowest BCUT2D eigenvalue weighted by Gasteiger charge is -2.32. The number of aromatic nitrogens is 1. The molecule has 0 bridgehead atoms. The van der Waals surface area contributed by atoms with Crippen LogP contribution in [-0.4, -0.2) is 35.5 Å². The largest absolute Gasteiger partial charge is 0.484 e. The molecule has 2 heterocycles. The number of ether oxygens (including phenoxy) is 1. The molecule has 0 atom stereocenters. The van der Waals surface area contributed by atoms with Crippen molar-refractivity contribution in [2.45, 2.75) is 18.8 Å². The number of piperidine rings is 1. The van der Waals surface area contributed by atoms with Gasteiger partial charge in [0.15, 0.2) is 6.61 Å². The Balaban J connectivity index is 1.35. The van der Waals surface area contributed by atoms with Gasteiger partial charge in [-0.1, -0.05) is 35.9 Å². The first-order valence-electron chi connectivity index (χ1n) is 8.93. The molecule has 1 amide bonds. The van der Waals surface area contributed by atoms with Crippen LogP contribution in [0.25, 0.3) is 10.9 Å². The van der Waals surface area contributed by atoms with Gasteiger partial charge in [0.25, 0.3) is 5.91 Å². The molecule has 4 nitrogen and oxygen atoms in total. The maximum Gasteiger partial charge on any atom is 0.260 e. The summed E-state index contributed by atoms with van der Waals surface area (Å²) < 4.78 is 5.58. The Bertz CT molecular complexity index is 899. The van der Waals surface area contributed by atoms with Crippen molar-refractivity contribution in [1.82, 2.24) is 9.88 Å². The summed E-state index contributed by atoms with van der Waals surface area (Å²) in [6.45, 7) is 1.63. The van der Waals surface area contributed by atoms with Gasteiger partial charge < -0.3 is 14.6 Å². The molecule has 4 rings (SSSR count). The van der Waals surface area contributed by atoms with E-state index >= 15 is 0 Å². The van der Waals surface area contributed by atoms with E-state index in [1.807, 2.05) is 47.4 Å². The van der Waals surface area contributed by atoms with Crippen LogP contribution in [0.2, 0.25) is 5.02 Å². The lowest BCUT2D eigenvalue weighted by Crippen LogP contribution is -2.40. The van der Waals surface area contributed by atoms with Gasteiger partial charge in [-0.2, -0.15) is 0 Å². The standard InChI is InChI=1S/C21H21ClN2O2/c22-16-6-7-18-19(13-23-20(18)12-16)15-8-10-24(11-9-15)21(25)14-26-17-4-2-1-3-5-17/h1-7,12-13,15,23H,8-11,14H2. The van der Waals surface area contributed by atoms with E-state index in [1.54, 1.807) is 0 Å². The summed E-state index contributed by atoms with van der Waals surface area (Å²) in [6, 6.07) is 15.4. The Morgan fingerprint density at radius 1 is 1.15 bits per heavy atom. The fourth-order valence-corrected chi connectivity index (χ4v) is 3.82. The Kier molecular flexibility index (Phi) is 4.85. The average molecular weight is 369 g/mol. The van der Waals surface area contributed by atoms with Crippen molar-refractivity contribution in [3.63, 3.8) is 0 Å². The molecular weight excluding hydrogens is 348 g/mol. The van der Waals surface area contributed by atoms with Crippen LogP contribution in [0.4, 0.5) is 0 Å². The van der Waals surface area contributed by atoms with Gasteiger partial charge in [-0.25, -0.2) is 0 Å². The molecule has 1 aliphatic rings. The third-order valence-corrected chi connectivity index (χ3v) is 5.30. The van der Waals surface area contributed by atoms with Gasteiger partial charge >= 0.3 is 0 Å². The van der Waals surface area contributed by atoms with Gasteiger partial charge in [-0.3, -0.25) is 4.79 Å². The molecule has 5 heteroatoms. The molecule has 0 saturated carbocycles.